The first-order chi connectivity index (χ1) is 8.31. The third kappa shape index (κ3) is 2.53. The van der Waals surface area contributed by atoms with E-state index in [1.165, 1.54) is 25.7 Å². The summed E-state index contributed by atoms with van der Waals surface area (Å²) in [5.74, 6) is 1.83. The zero-order valence-electron chi connectivity index (χ0n) is 10.1. The molecule has 17 heavy (non-hydrogen) atoms. The molecule has 2 saturated carbocycles. The largest absolute Gasteiger partial charge is 0.390 e. The minimum atomic E-state index is -0.339. The number of nitrogens with zero attached hydrogens (tertiary/aromatic N) is 2. The molecule has 94 valence electrons. The van der Waals surface area contributed by atoms with Crippen LogP contribution < -0.4 is 5.32 Å². The Bertz CT molecular complexity index is 352. The molecule has 4 nitrogen and oxygen atoms in total. The van der Waals surface area contributed by atoms with Crippen LogP contribution in [0.2, 0.25) is 0 Å². The highest BCUT2D eigenvalue weighted by Gasteiger charge is 2.39. The molecule has 1 aromatic rings. The standard InChI is InChI=1S/C13H21N3O/c17-12(9-16-5-1-4-15-16)8-14-13-7-10-2-3-11(13)6-10/h1,4-5,10-14,17H,2-3,6-9H2. The fourth-order valence-electron chi connectivity index (χ4n) is 3.47. The van der Waals surface area contributed by atoms with E-state index in [2.05, 4.69) is 10.4 Å². The highest BCUT2D eigenvalue weighted by molar-refractivity contribution is 4.94. The summed E-state index contributed by atoms with van der Waals surface area (Å²) in [5.41, 5.74) is 0. The zero-order valence-corrected chi connectivity index (χ0v) is 10.1. The Labute approximate surface area is 102 Å². The van der Waals surface area contributed by atoms with E-state index in [4.69, 9.17) is 0 Å². The second-order valence-corrected chi connectivity index (χ2v) is 5.57. The van der Waals surface area contributed by atoms with Crippen LogP contribution in [0.1, 0.15) is 25.7 Å². The number of aromatic nitrogens is 2. The molecule has 2 bridgehead atoms. The van der Waals surface area contributed by atoms with Crippen molar-refractivity contribution in [3.05, 3.63) is 18.5 Å². The number of aliphatic hydroxyl groups excluding tert-OH is 1. The van der Waals surface area contributed by atoms with E-state index in [-0.39, 0.29) is 6.10 Å². The van der Waals surface area contributed by atoms with Crippen molar-refractivity contribution in [1.29, 1.82) is 0 Å². The first-order valence-electron chi connectivity index (χ1n) is 6.70. The van der Waals surface area contributed by atoms with Crippen molar-refractivity contribution in [2.45, 2.75) is 44.4 Å². The van der Waals surface area contributed by atoms with Gasteiger partial charge in [0.05, 0.1) is 12.6 Å². The molecule has 2 fully saturated rings. The third-order valence-electron chi connectivity index (χ3n) is 4.31. The Morgan fingerprint density at radius 3 is 3.00 bits per heavy atom. The average molecular weight is 235 g/mol. The molecule has 0 radical (unpaired) electrons. The van der Waals surface area contributed by atoms with Crippen LogP contribution in [0.15, 0.2) is 18.5 Å². The minimum Gasteiger partial charge on any atom is -0.390 e. The van der Waals surface area contributed by atoms with Crippen molar-refractivity contribution in [3.63, 3.8) is 0 Å². The van der Waals surface area contributed by atoms with E-state index in [0.717, 1.165) is 11.8 Å². The molecule has 1 heterocycles. The predicted octanol–water partition coefficient (Wildman–Crippen LogP) is 1.02. The lowest BCUT2D eigenvalue weighted by Gasteiger charge is -2.24. The fraction of sp³-hybridized carbons (Fsp3) is 0.769. The van der Waals surface area contributed by atoms with Crippen molar-refractivity contribution >= 4 is 0 Å². The molecular weight excluding hydrogens is 214 g/mol. The molecular formula is C13H21N3O. The lowest BCUT2D eigenvalue weighted by Crippen LogP contribution is -2.40. The second-order valence-electron chi connectivity index (χ2n) is 5.57. The number of rotatable bonds is 5. The van der Waals surface area contributed by atoms with E-state index in [1.54, 1.807) is 10.9 Å². The summed E-state index contributed by atoms with van der Waals surface area (Å²) in [5, 5.41) is 17.6. The summed E-state index contributed by atoms with van der Waals surface area (Å²) in [6, 6.07) is 2.54. The fourth-order valence-corrected chi connectivity index (χ4v) is 3.47. The lowest BCUT2D eigenvalue weighted by atomic mass is 9.95. The van der Waals surface area contributed by atoms with Crippen molar-refractivity contribution in [3.8, 4) is 0 Å². The first kappa shape index (κ1) is 11.2. The quantitative estimate of drug-likeness (QED) is 0.801. The average Bonchev–Trinajstić information content (AvgIpc) is 3.02. The van der Waals surface area contributed by atoms with Crippen LogP contribution in [0.25, 0.3) is 0 Å². The highest BCUT2D eigenvalue weighted by atomic mass is 16.3. The number of hydrogen-bond acceptors (Lipinski definition) is 3. The van der Waals surface area contributed by atoms with Gasteiger partial charge in [-0.1, -0.05) is 6.42 Å². The first-order valence-corrected chi connectivity index (χ1v) is 6.70. The van der Waals surface area contributed by atoms with Crippen LogP contribution in [-0.4, -0.2) is 33.6 Å². The van der Waals surface area contributed by atoms with Crippen LogP contribution in [-0.2, 0) is 6.54 Å². The molecule has 0 saturated heterocycles. The van der Waals surface area contributed by atoms with E-state index in [1.807, 2.05) is 12.3 Å². The Hall–Kier alpha value is -0.870. The van der Waals surface area contributed by atoms with Gasteiger partial charge < -0.3 is 10.4 Å². The third-order valence-corrected chi connectivity index (χ3v) is 4.31. The van der Waals surface area contributed by atoms with E-state index < -0.39 is 0 Å². The summed E-state index contributed by atoms with van der Waals surface area (Å²) in [6.07, 6.45) is 8.84. The van der Waals surface area contributed by atoms with Gasteiger partial charge >= 0.3 is 0 Å². The van der Waals surface area contributed by atoms with Crippen molar-refractivity contribution in [2.75, 3.05) is 6.54 Å². The predicted molar refractivity (Wildman–Crippen MR) is 65.5 cm³/mol. The van der Waals surface area contributed by atoms with Gasteiger partial charge in [-0.3, -0.25) is 4.68 Å². The molecule has 0 aliphatic heterocycles. The summed E-state index contributed by atoms with van der Waals surface area (Å²) in [7, 11) is 0. The molecule has 4 heteroatoms. The molecule has 2 aliphatic rings. The molecule has 4 unspecified atom stereocenters. The molecule has 0 spiro atoms. The Balaban J connectivity index is 1.42. The van der Waals surface area contributed by atoms with Gasteiger partial charge in [-0.25, -0.2) is 0 Å². The van der Waals surface area contributed by atoms with Crippen molar-refractivity contribution in [2.24, 2.45) is 11.8 Å². The Morgan fingerprint density at radius 2 is 2.35 bits per heavy atom. The number of fused-ring (bicyclic) bond motifs is 2. The second kappa shape index (κ2) is 4.78. The van der Waals surface area contributed by atoms with E-state index in [0.29, 0.717) is 19.1 Å². The molecule has 1 aromatic heterocycles. The number of nitrogens with one attached hydrogen (secondary N) is 1. The van der Waals surface area contributed by atoms with Gasteiger partial charge in [-0.2, -0.15) is 5.10 Å². The SMILES string of the molecule is OC(CNC1CC2CCC1C2)Cn1cccn1. The lowest BCUT2D eigenvalue weighted by molar-refractivity contribution is 0.138. The van der Waals surface area contributed by atoms with Crippen molar-refractivity contribution < 1.29 is 5.11 Å². The topological polar surface area (TPSA) is 50.1 Å². The maximum Gasteiger partial charge on any atom is 0.0860 e. The minimum absolute atomic E-state index is 0.339. The molecule has 0 aromatic carbocycles. The van der Waals surface area contributed by atoms with Gasteiger partial charge in [0.25, 0.3) is 0 Å². The van der Waals surface area contributed by atoms with Crippen LogP contribution in [0.5, 0.6) is 0 Å². The highest BCUT2D eigenvalue weighted by Crippen LogP contribution is 2.44. The molecule has 2 aliphatic carbocycles. The van der Waals surface area contributed by atoms with Crippen LogP contribution in [0.3, 0.4) is 0 Å². The van der Waals surface area contributed by atoms with E-state index in [9.17, 15) is 5.11 Å². The zero-order chi connectivity index (χ0) is 11.7. The summed E-state index contributed by atoms with van der Waals surface area (Å²) in [6.45, 7) is 1.27. The molecule has 3 rings (SSSR count). The Morgan fingerprint density at radius 1 is 1.41 bits per heavy atom. The summed E-state index contributed by atoms with van der Waals surface area (Å²) in [4.78, 5) is 0. The smallest absolute Gasteiger partial charge is 0.0860 e. The van der Waals surface area contributed by atoms with Crippen molar-refractivity contribution in [1.82, 2.24) is 15.1 Å². The van der Waals surface area contributed by atoms with Crippen LogP contribution in [0, 0.1) is 11.8 Å². The number of aliphatic hydroxyl groups is 1. The van der Waals surface area contributed by atoms with Gasteiger partial charge in [0, 0.05) is 25.0 Å². The van der Waals surface area contributed by atoms with Crippen LogP contribution in [0.4, 0.5) is 0 Å². The summed E-state index contributed by atoms with van der Waals surface area (Å²) < 4.78 is 1.78. The molecule has 4 atom stereocenters. The van der Waals surface area contributed by atoms with Crippen LogP contribution >= 0.6 is 0 Å². The summed E-state index contributed by atoms with van der Waals surface area (Å²) >= 11 is 0. The van der Waals surface area contributed by atoms with Gasteiger partial charge in [-0.15, -0.1) is 0 Å². The maximum atomic E-state index is 9.93. The maximum absolute atomic E-state index is 9.93. The van der Waals surface area contributed by atoms with Gasteiger partial charge in [-0.05, 0) is 37.2 Å². The molecule has 0 amide bonds. The van der Waals surface area contributed by atoms with Gasteiger partial charge in [0.2, 0.25) is 0 Å². The van der Waals surface area contributed by atoms with E-state index >= 15 is 0 Å². The monoisotopic (exact) mass is 235 g/mol. The van der Waals surface area contributed by atoms with Gasteiger partial charge in [0.15, 0.2) is 0 Å². The molecule has 2 N–H and O–H groups in total. The van der Waals surface area contributed by atoms with Gasteiger partial charge in [0.1, 0.15) is 0 Å². The number of hydrogen-bond donors (Lipinski definition) is 2. The Kier molecular flexibility index (Phi) is 3.16. The normalized spacial score (nSPS) is 33.1.